The quantitative estimate of drug-likeness (QED) is 0.561. The Labute approximate surface area is 190 Å². The molecule has 0 aliphatic carbocycles. The molecule has 33 heavy (non-hydrogen) atoms. The minimum absolute atomic E-state index is 0.0585. The molecule has 0 N–H and O–H groups in total. The smallest absolute Gasteiger partial charge is 0.417 e. The Morgan fingerprint density at radius 1 is 1.21 bits per heavy atom. The first kappa shape index (κ1) is 23.1. The lowest BCUT2D eigenvalue weighted by Crippen LogP contribution is -2.45. The lowest BCUT2D eigenvalue weighted by molar-refractivity contribution is -0.139. The van der Waals surface area contributed by atoms with Gasteiger partial charge in [-0.15, -0.1) is 0 Å². The average molecular weight is 461 g/mol. The molecule has 1 aliphatic rings. The second-order valence-electron chi connectivity index (χ2n) is 8.63. The van der Waals surface area contributed by atoms with Crippen molar-refractivity contribution in [1.82, 2.24) is 19.7 Å². The first-order valence-corrected chi connectivity index (χ1v) is 11.0. The van der Waals surface area contributed by atoms with Gasteiger partial charge in [-0.3, -0.25) is 9.48 Å². The molecule has 4 rings (SSSR count). The number of ether oxygens (including phenoxy) is 1. The summed E-state index contributed by atoms with van der Waals surface area (Å²) in [6.45, 7) is 4.26. The summed E-state index contributed by atoms with van der Waals surface area (Å²) in [7, 11) is 1.53. The van der Waals surface area contributed by atoms with Gasteiger partial charge in [-0.05, 0) is 44.6 Å². The fourth-order valence-electron chi connectivity index (χ4n) is 4.50. The molecule has 1 aliphatic heterocycles. The molecule has 0 radical (unpaired) electrons. The number of benzene rings is 1. The van der Waals surface area contributed by atoms with Crippen molar-refractivity contribution in [2.24, 2.45) is 13.0 Å². The van der Waals surface area contributed by atoms with Crippen LogP contribution >= 0.6 is 0 Å². The third-order valence-electron chi connectivity index (χ3n) is 6.19. The Kier molecular flexibility index (Phi) is 6.32. The third kappa shape index (κ3) is 4.96. The lowest BCUT2D eigenvalue weighted by atomic mass is 9.90. The van der Waals surface area contributed by atoms with E-state index in [0.717, 1.165) is 25.3 Å². The molecule has 9 heteroatoms. The fourth-order valence-corrected chi connectivity index (χ4v) is 4.50. The van der Waals surface area contributed by atoms with E-state index in [4.69, 9.17) is 4.74 Å². The Hall–Kier alpha value is -3.10. The van der Waals surface area contributed by atoms with Gasteiger partial charge in [0.05, 0.1) is 16.6 Å². The highest BCUT2D eigenvalue weighted by atomic mass is 19.4. The summed E-state index contributed by atoms with van der Waals surface area (Å²) < 4.78 is 47.9. The number of aromatic nitrogens is 3. The van der Waals surface area contributed by atoms with E-state index in [2.05, 4.69) is 22.2 Å². The predicted octanol–water partition coefficient (Wildman–Crippen LogP) is 4.54. The number of fused-ring (bicyclic) bond motifs is 1. The van der Waals surface area contributed by atoms with E-state index in [1.807, 2.05) is 18.2 Å². The molecule has 0 bridgehead atoms. The number of aryl methyl sites for hydroxylation is 2. The van der Waals surface area contributed by atoms with Gasteiger partial charge in [0, 0.05) is 26.2 Å². The molecule has 3 heterocycles. The highest BCUT2D eigenvalue weighted by Gasteiger charge is 2.36. The van der Waals surface area contributed by atoms with Crippen LogP contribution in [-0.4, -0.2) is 44.8 Å². The van der Waals surface area contributed by atoms with Crippen molar-refractivity contribution in [3.8, 4) is 5.88 Å². The van der Waals surface area contributed by atoms with Gasteiger partial charge < -0.3 is 9.64 Å². The van der Waals surface area contributed by atoms with Crippen LogP contribution in [0.5, 0.6) is 5.88 Å². The summed E-state index contributed by atoms with van der Waals surface area (Å²) in [6, 6.07) is 11.1. The van der Waals surface area contributed by atoms with Crippen LogP contribution in [0.1, 0.15) is 36.6 Å². The van der Waals surface area contributed by atoms with Gasteiger partial charge in [0.25, 0.3) is 5.91 Å². The number of alkyl halides is 3. The minimum Gasteiger partial charge on any atom is -0.464 e. The van der Waals surface area contributed by atoms with Crippen molar-refractivity contribution < 1.29 is 22.7 Å². The number of likely N-dealkylation sites (tertiary alicyclic amines) is 1. The topological polar surface area (TPSA) is 60.2 Å². The highest BCUT2D eigenvalue weighted by molar-refractivity contribution is 5.84. The molecule has 2 aromatic heterocycles. The standard InChI is InChI=1S/C24H27F3N4O2/c1-15-21-19(24(25,26)27)14-20(28-22(21)30(3)29-15)33-16(2)23(32)31-11-9-18(10-12-31)13-17-7-5-4-6-8-17/h4-8,14,16,18H,9-13H2,1-3H3/t16-/m0/s1. The molecule has 1 aromatic carbocycles. The number of nitrogens with zero attached hydrogens (tertiary/aromatic N) is 4. The van der Waals surface area contributed by atoms with Crippen LogP contribution < -0.4 is 4.74 Å². The predicted molar refractivity (Wildman–Crippen MR) is 118 cm³/mol. The second-order valence-corrected chi connectivity index (χ2v) is 8.63. The summed E-state index contributed by atoms with van der Waals surface area (Å²) in [4.78, 5) is 18.8. The molecule has 0 spiro atoms. The van der Waals surface area contributed by atoms with Gasteiger partial charge in [0.15, 0.2) is 11.8 Å². The van der Waals surface area contributed by atoms with Gasteiger partial charge in [0.2, 0.25) is 5.88 Å². The molecular weight excluding hydrogens is 433 g/mol. The van der Waals surface area contributed by atoms with E-state index in [-0.39, 0.29) is 28.5 Å². The van der Waals surface area contributed by atoms with Crippen LogP contribution in [-0.2, 0) is 24.4 Å². The molecule has 1 amide bonds. The van der Waals surface area contributed by atoms with Crippen LogP contribution in [0.4, 0.5) is 13.2 Å². The maximum Gasteiger partial charge on any atom is 0.417 e. The number of carbonyl (C=O) groups is 1. The first-order chi connectivity index (χ1) is 15.6. The average Bonchev–Trinajstić information content (AvgIpc) is 3.06. The van der Waals surface area contributed by atoms with Crippen molar-refractivity contribution in [2.45, 2.75) is 45.4 Å². The van der Waals surface area contributed by atoms with Crippen molar-refractivity contribution in [1.29, 1.82) is 0 Å². The number of piperidine rings is 1. The van der Waals surface area contributed by atoms with Gasteiger partial charge >= 0.3 is 6.18 Å². The summed E-state index contributed by atoms with van der Waals surface area (Å²) in [5.41, 5.74) is 0.723. The summed E-state index contributed by atoms with van der Waals surface area (Å²) in [5, 5.41) is 4.00. The van der Waals surface area contributed by atoms with E-state index in [9.17, 15) is 18.0 Å². The Morgan fingerprint density at radius 2 is 1.88 bits per heavy atom. The summed E-state index contributed by atoms with van der Waals surface area (Å²) in [5.74, 6) is 0.0154. The number of pyridine rings is 1. The highest BCUT2D eigenvalue weighted by Crippen LogP contribution is 2.37. The molecule has 6 nitrogen and oxygen atoms in total. The second kappa shape index (κ2) is 9.03. The Balaban J connectivity index is 1.43. The molecule has 3 aromatic rings. The van der Waals surface area contributed by atoms with Crippen LogP contribution in [0.15, 0.2) is 36.4 Å². The number of rotatable bonds is 5. The third-order valence-corrected chi connectivity index (χ3v) is 6.19. The number of carbonyl (C=O) groups excluding carboxylic acids is 1. The van der Waals surface area contributed by atoms with Crippen LogP contribution in [0, 0.1) is 12.8 Å². The SMILES string of the molecule is Cc1nn(C)c2nc(O[C@@H](C)C(=O)N3CCC(Cc4ccccc4)CC3)cc(C(F)(F)F)c12. The monoisotopic (exact) mass is 460 g/mol. The van der Waals surface area contributed by atoms with Gasteiger partial charge in [-0.2, -0.15) is 23.3 Å². The lowest BCUT2D eigenvalue weighted by Gasteiger charge is -2.33. The van der Waals surface area contributed by atoms with Crippen molar-refractivity contribution in [2.75, 3.05) is 13.1 Å². The van der Waals surface area contributed by atoms with Crippen LogP contribution in [0.2, 0.25) is 0 Å². The van der Waals surface area contributed by atoms with Gasteiger partial charge in [-0.25, -0.2) is 0 Å². The zero-order chi connectivity index (χ0) is 23.8. The van der Waals surface area contributed by atoms with Crippen molar-refractivity contribution in [3.05, 3.63) is 53.2 Å². The zero-order valence-corrected chi connectivity index (χ0v) is 18.9. The van der Waals surface area contributed by atoms with E-state index in [1.165, 1.54) is 24.2 Å². The van der Waals surface area contributed by atoms with E-state index in [0.29, 0.717) is 19.0 Å². The number of hydrogen-bond donors (Lipinski definition) is 0. The van der Waals surface area contributed by atoms with E-state index < -0.39 is 17.8 Å². The summed E-state index contributed by atoms with van der Waals surface area (Å²) >= 11 is 0. The van der Waals surface area contributed by atoms with Crippen LogP contribution in [0.25, 0.3) is 11.0 Å². The first-order valence-electron chi connectivity index (χ1n) is 11.0. The molecular formula is C24H27F3N4O2. The number of amides is 1. The Morgan fingerprint density at radius 3 is 2.52 bits per heavy atom. The Bertz CT molecular complexity index is 1140. The summed E-state index contributed by atoms with van der Waals surface area (Å²) in [6.07, 6.45) is -2.81. The minimum atomic E-state index is -4.60. The molecule has 1 fully saturated rings. The molecule has 0 saturated carbocycles. The van der Waals surface area contributed by atoms with Crippen molar-refractivity contribution >= 4 is 16.9 Å². The van der Waals surface area contributed by atoms with E-state index in [1.54, 1.807) is 11.8 Å². The fraction of sp³-hybridized carbons (Fsp3) is 0.458. The van der Waals surface area contributed by atoms with E-state index >= 15 is 0 Å². The maximum absolute atomic E-state index is 13.7. The normalized spacial score (nSPS) is 16.2. The van der Waals surface area contributed by atoms with Crippen LogP contribution in [0.3, 0.4) is 0 Å². The molecule has 1 atom stereocenters. The molecule has 0 unspecified atom stereocenters. The molecule has 1 saturated heterocycles. The number of halogens is 3. The van der Waals surface area contributed by atoms with Crippen molar-refractivity contribution in [3.63, 3.8) is 0 Å². The number of hydrogen-bond acceptors (Lipinski definition) is 4. The zero-order valence-electron chi connectivity index (χ0n) is 18.9. The maximum atomic E-state index is 13.7. The van der Waals surface area contributed by atoms with Gasteiger partial charge in [0.1, 0.15) is 0 Å². The van der Waals surface area contributed by atoms with Gasteiger partial charge in [-0.1, -0.05) is 30.3 Å². The molecule has 176 valence electrons. The largest absolute Gasteiger partial charge is 0.464 e.